The molecule has 2 bridgehead atoms. The SMILES string of the molecule is COc1cc2c(c3ccccc13)C1(C)c3ccccc3C2(C)C2C(=O)OC(=O)C21. The number of carbonyl (C=O) groups excluding carboxylic acids is 2. The van der Waals surface area contributed by atoms with Gasteiger partial charge >= 0.3 is 11.9 Å². The molecule has 1 saturated heterocycles. The Bertz CT molecular complexity index is 1260. The first-order valence-electron chi connectivity index (χ1n) is 9.90. The van der Waals surface area contributed by atoms with E-state index in [1.165, 1.54) is 0 Å². The molecular weight excluding hydrogens is 364 g/mol. The lowest BCUT2D eigenvalue weighted by Gasteiger charge is -2.57. The molecule has 4 nitrogen and oxygen atoms in total. The molecule has 0 N–H and O–H groups in total. The van der Waals surface area contributed by atoms with Crippen LogP contribution in [-0.4, -0.2) is 19.0 Å². The van der Waals surface area contributed by atoms with Crippen molar-refractivity contribution in [2.24, 2.45) is 11.8 Å². The molecule has 4 aliphatic rings. The van der Waals surface area contributed by atoms with E-state index in [1.54, 1.807) is 7.11 Å². The molecule has 0 amide bonds. The maximum Gasteiger partial charge on any atom is 0.318 e. The number of cyclic esters (lactones) is 2. The third kappa shape index (κ3) is 1.65. The fourth-order valence-corrected chi connectivity index (χ4v) is 6.44. The van der Waals surface area contributed by atoms with Crippen LogP contribution in [0.15, 0.2) is 54.6 Å². The molecule has 1 fully saturated rings. The summed E-state index contributed by atoms with van der Waals surface area (Å²) in [5.74, 6) is -1.11. The minimum absolute atomic E-state index is 0.409. The molecular formula is C25H20O4. The molecule has 0 saturated carbocycles. The van der Waals surface area contributed by atoms with Crippen molar-refractivity contribution in [3.63, 3.8) is 0 Å². The zero-order chi connectivity index (χ0) is 20.1. The van der Waals surface area contributed by atoms with Gasteiger partial charge in [-0.05, 0) is 33.7 Å². The van der Waals surface area contributed by atoms with Gasteiger partial charge in [0, 0.05) is 16.2 Å². The molecule has 3 aliphatic carbocycles. The van der Waals surface area contributed by atoms with Crippen LogP contribution in [0, 0.1) is 11.8 Å². The lowest BCUT2D eigenvalue weighted by Crippen LogP contribution is -2.59. The topological polar surface area (TPSA) is 52.6 Å². The Morgan fingerprint density at radius 2 is 1.34 bits per heavy atom. The predicted molar refractivity (Wildman–Crippen MR) is 108 cm³/mol. The molecule has 4 heteroatoms. The molecule has 3 aromatic carbocycles. The minimum atomic E-state index is -0.658. The van der Waals surface area contributed by atoms with Gasteiger partial charge in [0.05, 0.1) is 18.9 Å². The monoisotopic (exact) mass is 384 g/mol. The number of fused-ring (bicyclic) bond motifs is 1. The molecule has 0 spiro atoms. The number of carbonyl (C=O) groups is 2. The highest BCUT2D eigenvalue weighted by Gasteiger charge is 2.70. The average molecular weight is 384 g/mol. The van der Waals surface area contributed by atoms with Gasteiger partial charge in [0.2, 0.25) is 0 Å². The average Bonchev–Trinajstić information content (AvgIpc) is 3.06. The Kier molecular flexibility index (Phi) is 2.93. The lowest BCUT2D eigenvalue weighted by molar-refractivity contribution is -0.154. The van der Waals surface area contributed by atoms with Crippen LogP contribution in [-0.2, 0) is 25.2 Å². The van der Waals surface area contributed by atoms with Crippen LogP contribution in [0.2, 0.25) is 0 Å². The lowest BCUT2D eigenvalue weighted by atomic mass is 9.42. The number of benzene rings is 3. The summed E-state index contributed by atoms with van der Waals surface area (Å²) in [6.07, 6.45) is 0. The second-order valence-corrected chi connectivity index (χ2v) is 8.69. The molecule has 0 radical (unpaired) electrons. The van der Waals surface area contributed by atoms with Gasteiger partial charge in [-0.15, -0.1) is 0 Å². The summed E-state index contributed by atoms with van der Waals surface area (Å²) >= 11 is 0. The number of hydrogen-bond donors (Lipinski definition) is 0. The van der Waals surface area contributed by atoms with E-state index >= 15 is 0 Å². The van der Waals surface area contributed by atoms with Gasteiger partial charge in [0.15, 0.2) is 0 Å². The standard InChI is InChI=1S/C25H20O4/c1-24-15-10-6-7-11-16(15)25(2,21-20(24)22(26)29-23(21)27)19-14-9-5-4-8-13(14)18(28-3)12-17(19)24/h4-12,20-21H,1-3H3. The molecule has 4 atom stereocenters. The van der Waals surface area contributed by atoms with Crippen LogP contribution in [0.25, 0.3) is 10.8 Å². The summed E-state index contributed by atoms with van der Waals surface area (Å²) < 4.78 is 11.0. The Morgan fingerprint density at radius 1 is 0.793 bits per heavy atom. The van der Waals surface area contributed by atoms with Gasteiger partial charge < -0.3 is 9.47 Å². The van der Waals surface area contributed by atoms with Gasteiger partial charge in [-0.2, -0.15) is 0 Å². The number of rotatable bonds is 1. The first-order valence-corrected chi connectivity index (χ1v) is 9.90. The van der Waals surface area contributed by atoms with E-state index in [4.69, 9.17) is 9.47 Å². The van der Waals surface area contributed by atoms with E-state index in [0.29, 0.717) is 0 Å². The highest BCUT2D eigenvalue weighted by Crippen LogP contribution is 2.67. The summed E-state index contributed by atoms with van der Waals surface area (Å²) in [6, 6.07) is 18.4. The quantitative estimate of drug-likeness (QED) is 0.468. The summed E-state index contributed by atoms with van der Waals surface area (Å²) in [5, 5.41) is 2.08. The van der Waals surface area contributed by atoms with Crippen molar-refractivity contribution in [2.75, 3.05) is 7.11 Å². The van der Waals surface area contributed by atoms with Crippen molar-refractivity contribution in [1.82, 2.24) is 0 Å². The largest absolute Gasteiger partial charge is 0.496 e. The van der Waals surface area contributed by atoms with Crippen LogP contribution < -0.4 is 4.74 Å². The summed E-state index contributed by atoms with van der Waals surface area (Å²) in [4.78, 5) is 25.9. The maximum atomic E-state index is 13.0. The second kappa shape index (κ2) is 5.07. The van der Waals surface area contributed by atoms with Crippen LogP contribution in [0.3, 0.4) is 0 Å². The fourth-order valence-electron chi connectivity index (χ4n) is 6.44. The van der Waals surface area contributed by atoms with E-state index in [1.807, 2.05) is 30.3 Å². The Hall–Kier alpha value is -3.14. The molecule has 29 heavy (non-hydrogen) atoms. The highest BCUT2D eigenvalue weighted by molar-refractivity contribution is 6.04. The van der Waals surface area contributed by atoms with Gasteiger partial charge in [-0.3, -0.25) is 9.59 Å². The predicted octanol–water partition coefficient (Wildman–Crippen LogP) is 4.10. The van der Waals surface area contributed by atoms with Crippen molar-refractivity contribution < 1.29 is 19.1 Å². The smallest absolute Gasteiger partial charge is 0.318 e. The third-order valence-electron chi connectivity index (χ3n) is 7.64. The van der Waals surface area contributed by atoms with Gasteiger partial charge in [-0.1, -0.05) is 62.4 Å². The fraction of sp³-hybridized carbons (Fsp3) is 0.280. The number of methoxy groups -OCH3 is 1. The van der Waals surface area contributed by atoms with Gasteiger partial charge in [0.25, 0.3) is 0 Å². The molecule has 0 aromatic heterocycles. The number of ether oxygens (including phenoxy) is 2. The van der Waals surface area contributed by atoms with E-state index < -0.39 is 34.6 Å². The summed E-state index contributed by atoms with van der Waals surface area (Å²) in [5.41, 5.74) is 3.07. The minimum Gasteiger partial charge on any atom is -0.496 e. The van der Waals surface area contributed by atoms with E-state index in [2.05, 4.69) is 38.1 Å². The third-order valence-corrected chi connectivity index (χ3v) is 7.64. The number of esters is 2. The molecule has 1 aliphatic heterocycles. The van der Waals surface area contributed by atoms with Crippen molar-refractivity contribution in [1.29, 1.82) is 0 Å². The first kappa shape index (κ1) is 16.8. The molecule has 1 heterocycles. The second-order valence-electron chi connectivity index (χ2n) is 8.69. The Labute approximate surface area is 168 Å². The summed E-state index contributed by atoms with van der Waals surface area (Å²) in [6.45, 7) is 4.18. The molecule has 7 rings (SSSR count). The molecule has 144 valence electrons. The zero-order valence-electron chi connectivity index (χ0n) is 16.5. The van der Waals surface area contributed by atoms with Crippen LogP contribution >= 0.6 is 0 Å². The van der Waals surface area contributed by atoms with Crippen LogP contribution in [0.1, 0.15) is 36.1 Å². The number of hydrogen-bond acceptors (Lipinski definition) is 4. The van der Waals surface area contributed by atoms with Crippen molar-refractivity contribution in [3.05, 3.63) is 76.9 Å². The molecule has 4 unspecified atom stereocenters. The summed E-state index contributed by atoms with van der Waals surface area (Å²) in [7, 11) is 1.67. The van der Waals surface area contributed by atoms with Crippen molar-refractivity contribution in [2.45, 2.75) is 24.7 Å². The maximum absolute atomic E-state index is 13.0. The normalized spacial score (nSPS) is 31.3. The molecule has 3 aromatic rings. The van der Waals surface area contributed by atoms with Gasteiger partial charge in [0.1, 0.15) is 5.75 Å². The Balaban J connectivity index is 1.87. The van der Waals surface area contributed by atoms with Crippen LogP contribution in [0.5, 0.6) is 5.75 Å². The van der Waals surface area contributed by atoms with Crippen LogP contribution in [0.4, 0.5) is 0 Å². The highest BCUT2D eigenvalue weighted by atomic mass is 16.6. The van der Waals surface area contributed by atoms with E-state index in [0.717, 1.165) is 38.8 Å². The van der Waals surface area contributed by atoms with Gasteiger partial charge in [-0.25, -0.2) is 0 Å². The first-order chi connectivity index (χ1) is 13.9. The van der Waals surface area contributed by atoms with E-state index in [-0.39, 0.29) is 0 Å². The van der Waals surface area contributed by atoms with E-state index in [9.17, 15) is 9.59 Å². The Morgan fingerprint density at radius 3 is 2.00 bits per heavy atom. The van der Waals surface area contributed by atoms with Crippen molar-refractivity contribution >= 4 is 22.7 Å². The van der Waals surface area contributed by atoms with Crippen molar-refractivity contribution in [3.8, 4) is 5.75 Å². The zero-order valence-corrected chi connectivity index (χ0v) is 16.5.